The van der Waals surface area contributed by atoms with E-state index < -0.39 is 49.5 Å². The van der Waals surface area contributed by atoms with Crippen molar-refractivity contribution in [3.8, 4) is 0 Å². The van der Waals surface area contributed by atoms with Gasteiger partial charge in [-0.1, -0.05) is 262 Å². The Labute approximate surface area is 412 Å². The van der Waals surface area contributed by atoms with Crippen LogP contribution >= 0.6 is 0 Å². The first-order chi connectivity index (χ1) is 32.8. The number of carbonyl (C=O) groups excluding carboxylic acids is 1. The van der Waals surface area contributed by atoms with E-state index in [0.717, 1.165) is 51.4 Å². The van der Waals surface area contributed by atoms with E-state index in [1.54, 1.807) is 6.08 Å². The van der Waals surface area contributed by atoms with Crippen LogP contribution in [0, 0.1) is 0 Å². The molecule has 7 atom stereocenters. The molecule has 0 aromatic heterocycles. The van der Waals surface area contributed by atoms with E-state index in [2.05, 4.69) is 43.5 Å². The molecule has 0 aliphatic carbocycles. The molecule has 1 amide bonds. The summed E-state index contributed by atoms with van der Waals surface area (Å²) in [5.74, 6) is -0.189. The Balaban J connectivity index is 2.05. The molecule has 67 heavy (non-hydrogen) atoms. The first-order valence-corrected chi connectivity index (χ1v) is 28.7. The highest BCUT2D eigenvalue weighted by molar-refractivity contribution is 5.76. The van der Waals surface area contributed by atoms with Gasteiger partial charge in [0, 0.05) is 6.42 Å². The summed E-state index contributed by atoms with van der Waals surface area (Å²) in [7, 11) is 0. The number of allylic oxidation sites excluding steroid dienone is 5. The summed E-state index contributed by atoms with van der Waals surface area (Å²) in [5.41, 5.74) is 0. The van der Waals surface area contributed by atoms with Crippen molar-refractivity contribution >= 4 is 5.91 Å². The lowest BCUT2D eigenvalue weighted by atomic mass is 9.99. The normalized spacial score (nSPS) is 19.9. The molecule has 0 saturated carbocycles. The van der Waals surface area contributed by atoms with Crippen molar-refractivity contribution in [2.45, 2.75) is 314 Å². The third-order valence-electron chi connectivity index (χ3n) is 13.7. The van der Waals surface area contributed by atoms with Crippen LogP contribution in [0.5, 0.6) is 0 Å². The Hall–Kier alpha value is -1.59. The molecular weight excluding hydrogens is 839 g/mol. The molecule has 1 aliphatic rings. The molecule has 9 nitrogen and oxygen atoms in total. The predicted molar refractivity (Wildman–Crippen MR) is 281 cm³/mol. The lowest BCUT2D eigenvalue weighted by molar-refractivity contribution is -0.302. The molecule has 6 N–H and O–H groups in total. The van der Waals surface area contributed by atoms with Gasteiger partial charge in [-0.3, -0.25) is 4.79 Å². The van der Waals surface area contributed by atoms with Gasteiger partial charge < -0.3 is 40.3 Å². The zero-order valence-corrected chi connectivity index (χ0v) is 43.7. The van der Waals surface area contributed by atoms with Crippen LogP contribution in [-0.2, 0) is 14.3 Å². The van der Waals surface area contributed by atoms with Gasteiger partial charge in [0.15, 0.2) is 6.29 Å². The number of hydrogen-bond donors (Lipinski definition) is 6. The van der Waals surface area contributed by atoms with E-state index in [1.165, 1.54) is 199 Å². The minimum atomic E-state index is -1.57. The highest BCUT2D eigenvalue weighted by Crippen LogP contribution is 2.23. The summed E-state index contributed by atoms with van der Waals surface area (Å²) in [6.45, 7) is 3.65. The Morgan fingerprint density at radius 1 is 0.507 bits per heavy atom. The van der Waals surface area contributed by atoms with Crippen molar-refractivity contribution in [2.24, 2.45) is 0 Å². The Kier molecular flexibility index (Phi) is 45.5. The largest absolute Gasteiger partial charge is 0.394 e. The number of hydrogen-bond acceptors (Lipinski definition) is 8. The van der Waals surface area contributed by atoms with Crippen molar-refractivity contribution in [3.63, 3.8) is 0 Å². The zero-order chi connectivity index (χ0) is 48.7. The Morgan fingerprint density at radius 2 is 0.866 bits per heavy atom. The number of unbranched alkanes of at least 4 members (excludes halogenated alkanes) is 35. The maximum absolute atomic E-state index is 13.0. The second kappa shape index (κ2) is 48.1. The molecule has 0 bridgehead atoms. The van der Waals surface area contributed by atoms with Gasteiger partial charge in [-0.15, -0.1) is 0 Å². The van der Waals surface area contributed by atoms with Crippen LogP contribution in [0.15, 0.2) is 36.5 Å². The number of rotatable bonds is 49. The van der Waals surface area contributed by atoms with E-state index in [1.807, 2.05) is 6.08 Å². The van der Waals surface area contributed by atoms with Gasteiger partial charge in [0.25, 0.3) is 0 Å². The maximum atomic E-state index is 13.0. The van der Waals surface area contributed by atoms with Crippen LogP contribution in [0.1, 0.15) is 271 Å². The van der Waals surface area contributed by atoms with Crippen molar-refractivity contribution in [2.75, 3.05) is 13.2 Å². The van der Waals surface area contributed by atoms with E-state index >= 15 is 0 Å². The van der Waals surface area contributed by atoms with Crippen LogP contribution in [0.25, 0.3) is 0 Å². The number of aliphatic hydroxyl groups is 5. The van der Waals surface area contributed by atoms with Gasteiger partial charge in [-0.05, 0) is 38.5 Å². The third kappa shape index (κ3) is 37.9. The molecule has 1 saturated heterocycles. The minimum Gasteiger partial charge on any atom is -0.394 e. The molecular formula is C58H109NO8. The van der Waals surface area contributed by atoms with E-state index in [-0.39, 0.29) is 12.5 Å². The molecule has 1 heterocycles. The van der Waals surface area contributed by atoms with Crippen molar-refractivity contribution in [3.05, 3.63) is 36.5 Å². The van der Waals surface area contributed by atoms with Crippen molar-refractivity contribution in [1.82, 2.24) is 5.32 Å². The highest BCUT2D eigenvalue weighted by atomic mass is 16.7. The van der Waals surface area contributed by atoms with Crippen molar-refractivity contribution < 1.29 is 39.8 Å². The molecule has 1 fully saturated rings. The number of ether oxygens (including phenoxy) is 2. The molecule has 0 aromatic carbocycles. The van der Waals surface area contributed by atoms with E-state index in [0.29, 0.717) is 6.42 Å². The van der Waals surface area contributed by atoms with Gasteiger partial charge in [0.1, 0.15) is 24.4 Å². The van der Waals surface area contributed by atoms with Crippen LogP contribution in [0.3, 0.4) is 0 Å². The first-order valence-electron chi connectivity index (χ1n) is 28.7. The summed E-state index contributed by atoms with van der Waals surface area (Å²) in [4.78, 5) is 13.0. The fourth-order valence-corrected chi connectivity index (χ4v) is 9.20. The molecule has 0 radical (unpaired) electrons. The number of nitrogens with one attached hydrogen (secondary N) is 1. The SMILES string of the molecule is CC/C=C/CC/C=C/CC/C=C/C(O)C(COC1OC(CO)C(O)C(O)C1O)NC(=O)CCCCCCCCCCCCCCCCCCCCCCCCCCCCCCCCCCCC. The van der Waals surface area contributed by atoms with Crippen LogP contribution in [0.4, 0.5) is 0 Å². The predicted octanol–water partition coefficient (Wildman–Crippen LogP) is 14.0. The average Bonchev–Trinajstić information content (AvgIpc) is 3.33. The minimum absolute atomic E-state index is 0.189. The van der Waals surface area contributed by atoms with Crippen LogP contribution in [-0.4, -0.2) is 87.5 Å². The van der Waals surface area contributed by atoms with E-state index in [9.17, 15) is 30.3 Å². The molecule has 1 aliphatic heterocycles. The fraction of sp³-hybridized carbons (Fsp3) is 0.879. The van der Waals surface area contributed by atoms with Gasteiger partial charge in [0.2, 0.25) is 5.91 Å². The highest BCUT2D eigenvalue weighted by Gasteiger charge is 2.44. The van der Waals surface area contributed by atoms with Crippen LogP contribution < -0.4 is 5.32 Å². The second-order valence-electron chi connectivity index (χ2n) is 20.0. The quantitative estimate of drug-likeness (QED) is 0.0261. The third-order valence-corrected chi connectivity index (χ3v) is 13.7. The lowest BCUT2D eigenvalue weighted by Crippen LogP contribution is -2.60. The first kappa shape index (κ1) is 63.4. The smallest absolute Gasteiger partial charge is 0.220 e. The summed E-state index contributed by atoms with van der Waals surface area (Å²) in [6, 6.07) is -0.824. The van der Waals surface area contributed by atoms with Gasteiger partial charge >= 0.3 is 0 Å². The lowest BCUT2D eigenvalue weighted by Gasteiger charge is -2.40. The van der Waals surface area contributed by atoms with Crippen LogP contribution in [0.2, 0.25) is 0 Å². The monoisotopic (exact) mass is 948 g/mol. The Morgan fingerprint density at radius 3 is 1.24 bits per heavy atom. The standard InChI is InChI=1S/C58H109NO8/c1-3-5-7-9-11-13-15-16-17-18-19-20-21-22-23-24-25-26-27-28-29-30-31-32-33-34-35-36-37-38-40-42-44-46-48-54(62)59-51(50-66-58-57(65)56(64)55(63)53(49-60)67-58)52(61)47-45-43-41-39-14-12-10-8-6-4-2/h6,8,14,39,45,47,51-53,55-58,60-61,63-65H,3-5,7,9-13,15-38,40-44,46,48-50H2,1-2H3,(H,59,62)/b8-6+,39-14+,47-45+. The Bertz CT molecular complexity index is 1150. The average molecular weight is 949 g/mol. The second-order valence-corrected chi connectivity index (χ2v) is 20.0. The van der Waals surface area contributed by atoms with Crippen molar-refractivity contribution in [1.29, 1.82) is 0 Å². The summed E-state index contributed by atoms with van der Waals surface area (Å²) < 4.78 is 11.2. The molecule has 1 rings (SSSR count). The number of carbonyl (C=O) groups is 1. The maximum Gasteiger partial charge on any atom is 0.220 e. The molecule has 0 aromatic rings. The number of aliphatic hydroxyl groups excluding tert-OH is 5. The topological polar surface area (TPSA) is 149 Å². The zero-order valence-electron chi connectivity index (χ0n) is 43.7. The van der Waals surface area contributed by atoms with Gasteiger partial charge in [-0.2, -0.15) is 0 Å². The summed E-state index contributed by atoms with van der Waals surface area (Å²) >= 11 is 0. The molecule has 9 heteroatoms. The molecule has 7 unspecified atom stereocenters. The van der Waals surface area contributed by atoms with Gasteiger partial charge in [-0.25, -0.2) is 0 Å². The number of amides is 1. The molecule has 394 valence electrons. The summed E-state index contributed by atoms with van der Waals surface area (Å²) in [6.07, 6.45) is 55.5. The summed E-state index contributed by atoms with van der Waals surface area (Å²) in [5, 5.41) is 54.2. The van der Waals surface area contributed by atoms with Gasteiger partial charge in [0.05, 0.1) is 25.4 Å². The van der Waals surface area contributed by atoms with E-state index in [4.69, 9.17) is 9.47 Å². The fourth-order valence-electron chi connectivity index (χ4n) is 9.20. The molecule has 0 spiro atoms.